The molecular formula is C13H17ClFN3O. The summed E-state index contributed by atoms with van der Waals surface area (Å²) in [7, 11) is 0. The average Bonchev–Trinajstić information content (AvgIpc) is 2.39. The smallest absolute Gasteiger partial charge is 0.226 e. The van der Waals surface area contributed by atoms with E-state index in [2.05, 4.69) is 21.9 Å². The quantitative estimate of drug-likeness (QED) is 0.923. The minimum Gasteiger partial charge on any atom is -0.386 e. The number of aromatic nitrogens is 3. The largest absolute Gasteiger partial charge is 0.386 e. The molecule has 6 heteroatoms. The van der Waals surface area contributed by atoms with Crippen molar-refractivity contribution in [3.8, 4) is 0 Å². The molecule has 2 rings (SSSR count). The number of aliphatic hydroxyl groups excluding tert-OH is 1. The Balaban J connectivity index is 2.33. The molecule has 1 unspecified atom stereocenters. The van der Waals surface area contributed by atoms with Gasteiger partial charge in [-0.15, -0.1) is 0 Å². The number of rotatable bonds is 4. The molecule has 0 aromatic carbocycles. The summed E-state index contributed by atoms with van der Waals surface area (Å²) >= 11 is 5.86. The minimum absolute atomic E-state index is 0.0801. The Hall–Kier alpha value is -1.07. The third kappa shape index (κ3) is 3.48. The van der Waals surface area contributed by atoms with E-state index in [4.69, 9.17) is 11.6 Å². The molecule has 1 aromatic rings. The molecule has 1 atom stereocenters. The second-order valence-corrected chi connectivity index (χ2v) is 5.02. The van der Waals surface area contributed by atoms with Crippen molar-refractivity contribution in [3.63, 3.8) is 0 Å². The molecule has 1 aliphatic rings. The Labute approximate surface area is 116 Å². The van der Waals surface area contributed by atoms with Crippen LogP contribution in [0.5, 0.6) is 0 Å². The predicted octanol–water partition coefficient (Wildman–Crippen LogP) is 3.09. The second kappa shape index (κ2) is 6.39. The summed E-state index contributed by atoms with van der Waals surface area (Å²) < 4.78 is 13.9. The average molecular weight is 286 g/mol. The Kier molecular flexibility index (Phi) is 4.82. The number of nitrogens with zero attached hydrogens (tertiary/aromatic N) is 3. The molecule has 0 saturated carbocycles. The lowest BCUT2D eigenvalue weighted by Gasteiger charge is -2.18. The molecule has 1 aliphatic carbocycles. The van der Waals surface area contributed by atoms with E-state index in [1.165, 1.54) is 0 Å². The molecule has 0 saturated heterocycles. The van der Waals surface area contributed by atoms with Gasteiger partial charge in [-0.3, -0.25) is 0 Å². The van der Waals surface area contributed by atoms with Crippen LogP contribution in [0, 0.1) is 0 Å². The molecule has 104 valence electrons. The number of aryl methyl sites for hydroxylation is 1. The maximum Gasteiger partial charge on any atom is 0.226 e. The first kappa shape index (κ1) is 14.3. The van der Waals surface area contributed by atoms with Crippen LogP contribution in [0.25, 0.3) is 5.57 Å². The number of hydrogen-bond acceptors (Lipinski definition) is 4. The fraction of sp³-hybridized carbons (Fsp3) is 0.615. The number of unbranched alkanes of at least 4 members (excludes halogenated alkanes) is 1. The van der Waals surface area contributed by atoms with Gasteiger partial charge in [-0.05, 0) is 37.3 Å². The van der Waals surface area contributed by atoms with Crippen LogP contribution in [0.15, 0.2) is 5.83 Å². The second-order valence-electron chi connectivity index (χ2n) is 4.68. The fourth-order valence-electron chi connectivity index (χ4n) is 2.11. The first-order valence-corrected chi connectivity index (χ1v) is 6.97. The van der Waals surface area contributed by atoms with Crippen molar-refractivity contribution in [3.05, 3.63) is 22.8 Å². The van der Waals surface area contributed by atoms with Crippen LogP contribution in [-0.2, 0) is 6.42 Å². The van der Waals surface area contributed by atoms with Crippen molar-refractivity contribution in [2.24, 2.45) is 0 Å². The van der Waals surface area contributed by atoms with Crippen molar-refractivity contribution >= 4 is 17.2 Å². The Morgan fingerprint density at radius 2 is 2.16 bits per heavy atom. The van der Waals surface area contributed by atoms with Crippen LogP contribution in [0.1, 0.15) is 50.7 Å². The van der Waals surface area contributed by atoms with Gasteiger partial charge in [-0.25, -0.2) is 14.4 Å². The lowest BCUT2D eigenvalue weighted by molar-refractivity contribution is 0.165. The zero-order valence-corrected chi connectivity index (χ0v) is 11.6. The number of allylic oxidation sites excluding steroid dienone is 1. The van der Waals surface area contributed by atoms with Gasteiger partial charge in [-0.2, -0.15) is 4.98 Å². The van der Waals surface area contributed by atoms with Gasteiger partial charge in [0, 0.05) is 12.0 Å². The van der Waals surface area contributed by atoms with E-state index >= 15 is 0 Å². The summed E-state index contributed by atoms with van der Waals surface area (Å²) in [5.41, 5.74) is 0.362. The van der Waals surface area contributed by atoms with Crippen LogP contribution in [0.3, 0.4) is 0 Å². The number of hydrogen-bond donors (Lipinski definition) is 1. The van der Waals surface area contributed by atoms with Crippen LogP contribution < -0.4 is 0 Å². The van der Waals surface area contributed by atoms with E-state index in [-0.39, 0.29) is 11.1 Å². The normalized spacial score (nSPS) is 19.9. The van der Waals surface area contributed by atoms with E-state index < -0.39 is 11.9 Å². The summed E-state index contributed by atoms with van der Waals surface area (Å²) in [6, 6.07) is 0. The van der Waals surface area contributed by atoms with Crippen LogP contribution in [-0.4, -0.2) is 26.2 Å². The highest BCUT2D eigenvalue weighted by Crippen LogP contribution is 2.31. The van der Waals surface area contributed by atoms with E-state index in [1.807, 2.05) is 0 Å². The summed E-state index contributed by atoms with van der Waals surface area (Å²) in [5.74, 6) is 0.314. The van der Waals surface area contributed by atoms with E-state index in [0.29, 0.717) is 30.7 Å². The maximum atomic E-state index is 13.9. The van der Waals surface area contributed by atoms with Crippen molar-refractivity contribution < 1.29 is 9.50 Å². The summed E-state index contributed by atoms with van der Waals surface area (Å²) in [6.45, 7) is 2.07. The van der Waals surface area contributed by atoms with Gasteiger partial charge >= 0.3 is 0 Å². The predicted molar refractivity (Wildman–Crippen MR) is 71.3 cm³/mol. The zero-order valence-electron chi connectivity index (χ0n) is 10.9. The van der Waals surface area contributed by atoms with Crippen LogP contribution in [0.4, 0.5) is 4.39 Å². The maximum absolute atomic E-state index is 13.9. The summed E-state index contributed by atoms with van der Waals surface area (Å²) in [6.07, 6.45) is 3.31. The molecule has 0 aliphatic heterocycles. The van der Waals surface area contributed by atoms with Crippen molar-refractivity contribution in [2.45, 2.75) is 51.6 Å². The fourth-order valence-corrected chi connectivity index (χ4v) is 2.29. The Morgan fingerprint density at radius 3 is 2.89 bits per heavy atom. The van der Waals surface area contributed by atoms with Gasteiger partial charge < -0.3 is 5.11 Å². The molecule has 0 amide bonds. The Bertz CT molecular complexity index is 493. The lowest BCUT2D eigenvalue weighted by atomic mass is 9.96. The number of halogens is 2. The van der Waals surface area contributed by atoms with E-state index in [0.717, 1.165) is 19.3 Å². The molecule has 19 heavy (non-hydrogen) atoms. The zero-order chi connectivity index (χ0) is 13.8. The first-order chi connectivity index (χ1) is 9.11. The SMILES string of the molecule is CCCCc1nc(Cl)nc(C2=C(F)C(O)CCC2)n1. The third-order valence-electron chi connectivity index (χ3n) is 3.16. The van der Waals surface area contributed by atoms with Gasteiger partial charge in [-0.1, -0.05) is 13.3 Å². The van der Waals surface area contributed by atoms with Crippen molar-refractivity contribution in [1.82, 2.24) is 15.0 Å². The molecule has 0 radical (unpaired) electrons. The molecule has 1 N–H and O–H groups in total. The standard InChI is InChI=1S/C13H17ClFN3O/c1-2-3-7-10-16-12(18-13(14)17-10)8-5-4-6-9(19)11(8)15/h9,19H,2-7H2,1H3. The number of aliphatic hydroxyl groups is 1. The molecule has 0 spiro atoms. The highest BCUT2D eigenvalue weighted by molar-refractivity contribution is 6.28. The van der Waals surface area contributed by atoms with Crippen molar-refractivity contribution in [1.29, 1.82) is 0 Å². The molecule has 0 fully saturated rings. The molecule has 0 bridgehead atoms. The molecule has 1 aromatic heterocycles. The monoisotopic (exact) mass is 285 g/mol. The van der Waals surface area contributed by atoms with Gasteiger partial charge in [0.2, 0.25) is 5.28 Å². The van der Waals surface area contributed by atoms with Gasteiger partial charge in [0.05, 0.1) is 0 Å². The molecule has 4 nitrogen and oxygen atoms in total. The van der Waals surface area contributed by atoms with Gasteiger partial charge in [0.25, 0.3) is 0 Å². The van der Waals surface area contributed by atoms with E-state index in [1.54, 1.807) is 0 Å². The third-order valence-corrected chi connectivity index (χ3v) is 3.33. The summed E-state index contributed by atoms with van der Waals surface area (Å²) in [4.78, 5) is 12.3. The highest BCUT2D eigenvalue weighted by Gasteiger charge is 2.24. The highest BCUT2D eigenvalue weighted by atomic mass is 35.5. The van der Waals surface area contributed by atoms with Crippen LogP contribution in [0.2, 0.25) is 5.28 Å². The minimum atomic E-state index is -1.04. The summed E-state index contributed by atoms with van der Waals surface area (Å²) in [5, 5.41) is 9.63. The lowest BCUT2D eigenvalue weighted by Crippen LogP contribution is -2.15. The van der Waals surface area contributed by atoms with Gasteiger partial charge in [0.15, 0.2) is 5.82 Å². The van der Waals surface area contributed by atoms with E-state index in [9.17, 15) is 9.50 Å². The first-order valence-electron chi connectivity index (χ1n) is 6.59. The van der Waals surface area contributed by atoms with Gasteiger partial charge in [0.1, 0.15) is 17.8 Å². The molecule has 1 heterocycles. The topological polar surface area (TPSA) is 58.9 Å². The van der Waals surface area contributed by atoms with Crippen molar-refractivity contribution in [2.75, 3.05) is 0 Å². The van der Waals surface area contributed by atoms with Crippen LogP contribution >= 0.6 is 11.6 Å². The molecular weight excluding hydrogens is 269 g/mol. The Morgan fingerprint density at radius 1 is 1.37 bits per heavy atom.